The monoisotopic (exact) mass is 382 g/mol. The van der Waals surface area contributed by atoms with Crippen molar-refractivity contribution in [3.63, 3.8) is 0 Å². The number of halogens is 1. The second kappa shape index (κ2) is 7.31. The van der Waals surface area contributed by atoms with Gasteiger partial charge in [0.05, 0.1) is 23.4 Å². The van der Waals surface area contributed by atoms with E-state index in [9.17, 15) is 9.65 Å². The van der Waals surface area contributed by atoms with E-state index >= 15 is 0 Å². The predicted octanol–water partition coefficient (Wildman–Crippen LogP) is 5.11. The minimum absolute atomic E-state index is 0.0211. The molecule has 1 aromatic carbocycles. The molecule has 2 aliphatic rings. The minimum Gasteiger partial charge on any atom is -0.383 e. The highest BCUT2D eigenvalue weighted by Crippen LogP contribution is 2.58. The van der Waals surface area contributed by atoms with Crippen LogP contribution in [-0.4, -0.2) is 17.2 Å². The summed E-state index contributed by atoms with van der Waals surface area (Å²) < 4.78 is 14.4. The number of aliphatic imine (C=N–C) groups is 1. The lowest BCUT2D eigenvalue weighted by molar-refractivity contribution is 0.0883. The van der Waals surface area contributed by atoms with Crippen LogP contribution in [0.5, 0.6) is 0 Å². The molecule has 0 radical (unpaired) electrons. The van der Waals surface area contributed by atoms with Crippen LogP contribution in [0.2, 0.25) is 0 Å². The molecule has 3 N–H and O–H groups in total. The second-order valence-corrected chi connectivity index (χ2v) is 9.71. The van der Waals surface area contributed by atoms with Crippen molar-refractivity contribution < 1.29 is 4.39 Å². The largest absolute Gasteiger partial charge is 0.383 e. The highest BCUT2D eigenvalue weighted by atomic mass is 19.1. The fraction of sp³-hybridized carbons (Fsp3) is 0.609. The summed E-state index contributed by atoms with van der Waals surface area (Å²) in [4.78, 5) is 4.94. The summed E-state index contributed by atoms with van der Waals surface area (Å²) >= 11 is 0. The molecule has 5 heteroatoms. The molecule has 0 bridgehead atoms. The number of nitrogens with one attached hydrogen (secondary N) is 1. The number of nitrogens with two attached hydrogens (primary N) is 1. The smallest absolute Gasteiger partial charge is 0.137 e. The van der Waals surface area contributed by atoms with Gasteiger partial charge in [0.25, 0.3) is 0 Å². The summed E-state index contributed by atoms with van der Waals surface area (Å²) in [5.41, 5.74) is 7.49. The second-order valence-electron chi connectivity index (χ2n) is 9.71. The SMILES string of the molecule is CC1CC(C)CC2(Cc3ccc(C#N)cc3C2N=C(CC(C)(C)F)C(=N)N)C1. The minimum atomic E-state index is -1.49. The first-order valence-corrected chi connectivity index (χ1v) is 10.2. The number of rotatable bonds is 4. The van der Waals surface area contributed by atoms with Crippen LogP contribution < -0.4 is 5.73 Å². The molecular weight excluding hydrogens is 351 g/mol. The third kappa shape index (κ3) is 4.11. The Kier molecular flexibility index (Phi) is 5.36. The van der Waals surface area contributed by atoms with Gasteiger partial charge >= 0.3 is 0 Å². The van der Waals surface area contributed by atoms with Gasteiger partial charge in [-0.1, -0.05) is 19.9 Å². The number of nitriles is 1. The summed E-state index contributed by atoms with van der Waals surface area (Å²) in [5.74, 6) is 1.01. The topological polar surface area (TPSA) is 86.0 Å². The Morgan fingerprint density at radius 2 is 2.00 bits per heavy atom. The Bertz CT molecular complexity index is 833. The molecule has 2 aliphatic carbocycles. The van der Waals surface area contributed by atoms with Gasteiger partial charge in [-0.3, -0.25) is 10.4 Å². The van der Waals surface area contributed by atoms with E-state index in [-0.39, 0.29) is 23.7 Å². The number of hydrogen-bond acceptors (Lipinski definition) is 3. The van der Waals surface area contributed by atoms with Crippen molar-refractivity contribution >= 4 is 11.5 Å². The molecule has 3 unspecified atom stereocenters. The van der Waals surface area contributed by atoms with E-state index in [0.29, 0.717) is 23.1 Å². The van der Waals surface area contributed by atoms with E-state index in [2.05, 4.69) is 19.9 Å². The van der Waals surface area contributed by atoms with E-state index in [1.165, 1.54) is 25.8 Å². The Hall–Kier alpha value is -2.22. The van der Waals surface area contributed by atoms with Gasteiger partial charge in [-0.25, -0.2) is 4.39 Å². The highest BCUT2D eigenvalue weighted by molar-refractivity contribution is 6.39. The van der Waals surface area contributed by atoms with Crippen LogP contribution in [0, 0.1) is 34.0 Å². The van der Waals surface area contributed by atoms with Crippen molar-refractivity contribution in [3.05, 3.63) is 34.9 Å². The molecule has 1 saturated carbocycles. The van der Waals surface area contributed by atoms with Crippen LogP contribution in [0.1, 0.15) is 76.1 Å². The molecule has 3 rings (SSSR count). The van der Waals surface area contributed by atoms with E-state index in [0.717, 1.165) is 24.8 Å². The quantitative estimate of drug-likeness (QED) is 0.560. The van der Waals surface area contributed by atoms with Crippen molar-refractivity contribution in [2.75, 3.05) is 0 Å². The van der Waals surface area contributed by atoms with Crippen LogP contribution in [0.3, 0.4) is 0 Å². The summed E-state index contributed by atoms with van der Waals surface area (Å²) in [6.45, 7) is 7.56. The molecular formula is C23H31FN4. The van der Waals surface area contributed by atoms with Gasteiger partial charge < -0.3 is 5.73 Å². The average molecular weight is 383 g/mol. The lowest BCUT2D eigenvalue weighted by Gasteiger charge is -2.43. The van der Waals surface area contributed by atoms with Gasteiger partial charge in [0.2, 0.25) is 0 Å². The highest BCUT2D eigenvalue weighted by Gasteiger charge is 2.49. The first-order chi connectivity index (χ1) is 13.0. The van der Waals surface area contributed by atoms with Gasteiger partial charge in [-0.2, -0.15) is 5.26 Å². The molecule has 150 valence electrons. The van der Waals surface area contributed by atoms with Crippen LogP contribution in [-0.2, 0) is 6.42 Å². The van der Waals surface area contributed by atoms with Gasteiger partial charge in [0.15, 0.2) is 0 Å². The molecule has 0 amide bonds. The summed E-state index contributed by atoms with van der Waals surface area (Å²) in [6, 6.07) is 7.89. The lowest BCUT2D eigenvalue weighted by atomic mass is 9.63. The van der Waals surface area contributed by atoms with E-state index in [1.807, 2.05) is 18.2 Å². The van der Waals surface area contributed by atoms with Crippen LogP contribution in [0.4, 0.5) is 4.39 Å². The predicted molar refractivity (Wildman–Crippen MR) is 111 cm³/mol. The van der Waals surface area contributed by atoms with Gasteiger partial charge in [0, 0.05) is 11.8 Å². The molecule has 1 fully saturated rings. The van der Waals surface area contributed by atoms with Crippen molar-refractivity contribution in [1.82, 2.24) is 0 Å². The zero-order valence-electron chi connectivity index (χ0n) is 17.3. The van der Waals surface area contributed by atoms with Crippen molar-refractivity contribution in [1.29, 1.82) is 10.7 Å². The zero-order valence-corrected chi connectivity index (χ0v) is 17.3. The molecule has 3 atom stereocenters. The number of nitrogens with zero attached hydrogens (tertiary/aromatic N) is 2. The molecule has 28 heavy (non-hydrogen) atoms. The number of fused-ring (bicyclic) bond motifs is 1. The maximum absolute atomic E-state index is 14.4. The normalized spacial score (nSPS) is 30.1. The number of hydrogen-bond donors (Lipinski definition) is 2. The maximum Gasteiger partial charge on any atom is 0.137 e. The van der Waals surface area contributed by atoms with Crippen LogP contribution >= 0.6 is 0 Å². The molecule has 0 saturated heterocycles. The molecule has 0 heterocycles. The number of amidine groups is 1. The molecule has 1 spiro atoms. The average Bonchev–Trinajstić information content (AvgIpc) is 2.83. The molecule has 0 aliphatic heterocycles. The van der Waals surface area contributed by atoms with E-state index < -0.39 is 5.67 Å². The zero-order chi connectivity index (χ0) is 20.7. The Labute approximate surface area is 167 Å². The Balaban J connectivity index is 2.13. The van der Waals surface area contributed by atoms with Gasteiger partial charge in [-0.05, 0) is 74.6 Å². The molecule has 0 aromatic heterocycles. The molecule has 1 aromatic rings. The number of benzene rings is 1. The summed E-state index contributed by atoms with van der Waals surface area (Å²) in [6.07, 6.45) is 4.24. The third-order valence-electron chi connectivity index (χ3n) is 6.19. The standard InChI is InChI=1S/C23H31FN4/c1-14-7-15(2)10-23(9-14)11-17-6-5-16(13-25)8-18(17)20(23)28-19(21(26)27)12-22(3,4)24/h5-6,8,14-15,20H,7,9-12H2,1-4H3,(H3,26,27). The fourth-order valence-electron chi connectivity index (χ4n) is 5.55. The third-order valence-corrected chi connectivity index (χ3v) is 6.19. The van der Waals surface area contributed by atoms with Crippen LogP contribution in [0.25, 0.3) is 0 Å². The summed E-state index contributed by atoms with van der Waals surface area (Å²) in [5, 5.41) is 17.3. The first-order valence-electron chi connectivity index (χ1n) is 10.2. The lowest BCUT2D eigenvalue weighted by Crippen LogP contribution is -2.36. The Morgan fingerprint density at radius 1 is 1.36 bits per heavy atom. The van der Waals surface area contributed by atoms with Crippen molar-refractivity contribution in [2.45, 2.75) is 71.5 Å². The Morgan fingerprint density at radius 3 is 2.54 bits per heavy atom. The van der Waals surface area contributed by atoms with Crippen molar-refractivity contribution in [3.8, 4) is 6.07 Å². The van der Waals surface area contributed by atoms with E-state index in [1.54, 1.807) is 0 Å². The maximum atomic E-state index is 14.4. The molecule has 4 nitrogen and oxygen atoms in total. The fourth-order valence-corrected chi connectivity index (χ4v) is 5.55. The van der Waals surface area contributed by atoms with E-state index in [4.69, 9.17) is 16.1 Å². The van der Waals surface area contributed by atoms with Crippen LogP contribution in [0.15, 0.2) is 23.2 Å². The van der Waals surface area contributed by atoms with Gasteiger partial charge in [0.1, 0.15) is 11.5 Å². The first kappa shape index (κ1) is 20.5. The van der Waals surface area contributed by atoms with Gasteiger partial charge in [-0.15, -0.1) is 0 Å². The number of alkyl halides is 1. The summed E-state index contributed by atoms with van der Waals surface area (Å²) in [7, 11) is 0. The van der Waals surface area contributed by atoms with Crippen molar-refractivity contribution in [2.24, 2.45) is 28.0 Å².